The molecule has 118 valence electrons. The van der Waals surface area contributed by atoms with E-state index in [1.807, 2.05) is 0 Å². The first-order chi connectivity index (χ1) is 8.90. The Kier molecular flexibility index (Phi) is 6.33. The highest BCUT2D eigenvalue weighted by Crippen LogP contribution is 2.39. The predicted octanol–water partition coefficient (Wildman–Crippen LogP) is 3.23. The molecule has 0 aliphatic carbocycles. The van der Waals surface area contributed by atoms with Crippen LogP contribution >= 0.6 is 12.4 Å². The van der Waals surface area contributed by atoms with E-state index in [-0.39, 0.29) is 17.8 Å². The van der Waals surface area contributed by atoms with Crippen LogP contribution in [0.3, 0.4) is 0 Å². The zero-order valence-electron chi connectivity index (χ0n) is 13.3. The summed E-state index contributed by atoms with van der Waals surface area (Å²) in [5.74, 6) is 0.374. The molecular weight excluding hydrogens is 272 g/mol. The number of carbonyl (C=O) groups is 1. The van der Waals surface area contributed by atoms with Crippen molar-refractivity contribution in [2.24, 2.45) is 10.8 Å². The summed E-state index contributed by atoms with van der Waals surface area (Å²) < 4.78 is 0. The number of hydrogen-bond donors (Lipinski definition) is 1. The van der Waals surface area contributed by atoms with Gasteiger partial charge in [0.05, 0.1) is 0 Å². The number of nitrogens with zero attached hydrogens (tertiary/aromatic N) is 1. The fraction of sp³-hybridized carbons (Fsp3) is 0.938. The molecule has 0 radical (unpaired) electrons. The lowest BCUT2D eigenvalue weighted by Gasteiger charge is -2.44. The van der Waals surface area contributed by atoms with E-state index in [1.54, 1.807) is 0 Å². The fourth-order valence-corrected chi connectivity index (χ4v) is 3.33. The van der Waals surface area contributed by atoms with Crippen molar-refractivity contribution < 1.29 is 4.79 Å². The van der Waals surface area contributed by atoms with Crippen LogP contribution in [0, 0.1) is 10.8 Å². The van der Waals surface area contributed by atoms with Gasteiger partial charge in [0.15, 0.2) is 0 Å². The third-order valence-corrected chi connectivity index (χ3v) is 4.93. The third-order valence-electron chi connectivity index (χ3n) is 4.93. The lowest BCUT2D eigenvalue weighted by Crippen LogP contribution is -2.47. The quantitative estimate of drug-likeness (QED) is 0.849. The maximum atomic E-state index is 12.2. The molecule has 2 heterocycles. The number of halogens is 1. The van der Waals surface area contributed by atoms with Crippen molar-refractivity contribution in [3.05, 3.63) is 0 Å². The average Bonchev–Trinajstić information content (AvgIpc) is 2.37. The van der Waals surface area contributed by atoms with Gasteiger partial charge >= 0.3 is 0 Å². The molecule has 2 aliphatic rings. The zero-order chi connectivity index (χ0) is 13.9. The van der Waals surface area contributed by atoms with E-state index in [9.17, 15) is 4.79 Å². The van der Waals surface area contributed by atoms with Crippen LogP contribution in [0.2, 0.25) is 0 Å². The molecule has 0 unspecified atom stereocenters. The highest BCUT2D eigenvalue weighted by Gasteiger charge is 2.36. The number of nitrogens with one attached hydrogen (secondary N) is 1. The number of likely N-dealkylation sites (tertiary alicyclic amines) is 1. The first-order valence-corrected chi connectivity index (χ1v) is 7.89. The summed E-state index contributed by atoms with van der Waals surface area (Å²) in [4.78, 5) is 14.3. The number of amides is 1. The van der Waals surface area contributed by atoms with Crippen molar-refractivity contribution >= 4 is 18.3 Å². The summed E-state index contributed by atoms with van der Waals surface area (Å²) in [6.07, 6.45) is 6.76. The van der Waals surface area contributed by atoms with Gasteiger partial charge < -0.3 is 10.2 Å². The van der Waals surface area contributed by atoms with Gasteiger partial charge in [0.25, 0.3) is 0 Å². The van der Waals surface area contributed by atoms with Gasteiger partial charge in [-0.15, -0.1) is 12.4 Å². The molecule has 0 bridgehead atoms. The molecule has 1 amide bonds. The second-order valence-corrected chi connectivity index (χ2v) is 7.69. The maximum absolute atomic E-state index is 12.2. The molecule has 0 aromatic rings. The van der Waals surface area contributed by atoms with Crippen molar-refractivity contribution in [3.8, 4) is 0 Å². The molecule has 0 saturated carbocycles. The van der Waals surface area contributed by atoms with Gasteiger partial charge in [-0.25, -0.2) is 0 Å². The summed E-state index contributed by atoms with van der Waals surface area (Å²) in [7, 11) is 0. The summed E-state index contributed by atoms with van der Waals surface area (Å²) in [5.41, 5.74) is 0.813. The van der Waals surface area contributed by atoms with Crippen LogP contribution < -0.4 is 5.32 Å². The Bertz CT molecular complexity index is 309. The first-order valence-electron chi connectivity index (χ1n) is 7.89. The van der Waals surface area contributed by atoms with Gasteiger partial charge in [0.1, 0.15) is 0 Å². The van der Waals surface area contributed by atoms with Gasteiger partial charge in [-0.05, 0) is 56.0 Å². The minimum absolute atomic E-state index is 0. The number of rotatable bonds is 2. The Morgan fingerprint density at radius 1 is 1.10 bits per heavy atom. The molecule has 0 aromatic heterocycles. The van der Waals surface area contributed by atoms with Crippen molar-refractivity contribution in [2.45, 2.75) is 59.3 Å². The van der Waals surface area contributed by atoms with Crippen LogP contribution in [0.25, 0.3) is 0 Å². The topological polar surface area (TPSA) is 32.3 Å². The van der Waals surface area contributed by atoms with Gasteiger partial charge in [-0.2, -0.15) is 0 Å². The van der Waals surface area contributed by atoms with Gasteiger partial charge in [-0.1, -0.05) is 20.8 Å². The Hall–Kier alpha value is -0.280. The monoisotopic (exact) mass is 302 g/mol. The number of piperidine rings is 2. The van der Waals surface area contributed by atoms with E-state index in [0.717, 1.165) is 39.0 Å². The summed E-state index contributed by atoms with van der Waals surface area (Å²) in [5, 5.41) is 3.45. The highest BCUT2D eigenvalue weighted by molar-refractivity contribution is 5.85. The van der Waals surface area contributed by atoms with Crippen molar-refractivity contribution in [1.82, 2.24) is 10.2 Å². The lowest BCUT2D eigenvalue weighted by atomic mass is 9.71. The van der Waals surface area contributed by atoms with Gasteiger partial charge in [-0.3, -0.25) is 4.79 Å². The van der Waals surface area contributed by atoms with E-state index in [2.05, 4.69) is 31.0 Å². The average molecular weight is 303 g/mol. The third kappa shape index (κ3) is 4.92. The molecule has 0 aromatic carbocycles. The Labute approximate surface area is 130 Å². The largest absolute Gasteiger partial charge is 0.343 e. The summed E-state index contributed by atoms with van der Waals surface area (Å²) >= 11 is 0. The van der Waals surface area contributed by atoms with Gasteiger partial charge in [0.2, 0.25) is 5.91 Å². The fourth-order valence-electron chi connectivity index (χ4n) is 3.33. The van der Waals surface area contributed by atoms with E-state index < -0.39 is 0 Å². The minimum Gasteiger partial charge on any atom is -0.343 e. The molecule has 2 aliphatic heterocycles. The van der Waals surface area contributed by atoms with Crippen molar-refractivity contribution in [2.75, 3.05) is 26.2 Å². The SMILES string of the molecule is CC(C)(C)CCC(=O)N1CCC2(CCNCC2)CC1.Cl. The molecule has 0 atom stereocenters. The molecule has 20 heavy (non-hydrogen) atoms. The summed E-state index contributed by atoms with van der Waals surface area (Å²) in [6.45, 7) is 10.9. The summed E-state index contributed by atoms with van der Waals surface area (Å²) in [6, 6.07) is 0. The molecular formula is C16H31ClN2O. The molecule has 1 N–H and O–H groups in total. The van der Waals surface area contributed by atoms with E-state index in [1.165, 1.54) is 25.7 Å². The van der Waals surface area contributed by atoms with Crippen LogP contribution in [-0.4, -0.2) is 37.0 Å². The zero-order valence-corrected chi connectivity index (χ0v) is 14.2. The Morgan fingerprint density at radius 2 is 1.65 bits per heavy atom. The number of carbonyl (C=O) groups excluding carboxylic acids is 1. The molecule has 4 heteroatoms. The van der Waals surface area contributed by atoms with E-state index in [4.69, 9.17) is 0 Å². The Balaban J connectivity index is 0.00000200. The first kappa shape index (κ1) is 17.8. The maximum Gasteiger partial charge on any atom is 0.222 e. The van der Waals surface area contributed by atoms with Gasteiger partial charge in [0, 0.05) is 19.5 Å². The van der Waals surface area contributed by atoms with Crippen LogP contribution in [0.1, 0.15) is 59.3 Å². The predicted molar refractivity (Wildman–Crippen MR) is 86.3 cm³/mol. The van der Waals surface area contributed by atoms with E-state index >= 15 is 0 Å². The molecule has 2 saturated heterocycles. The lowest BCUT2D eigenvalue weighted by molar-refractivity contribution is -0.134. The molecule has 2 fully saturated rings. The minimum atomic E-state index is 0. The van der Waals surface area contributed by atoms with Crippen molar-refractivity contribution in [1.29, 1.82) is 0 Å². The van der Waals surface area contributed by atoms with Crippen molar-refractivity contribution in [3.63, 3.8) is 0 Å². The number of hydrogen-bond acceptors (Lipinski definition) is 2. The molecule has 2 rings (SSSR count). The second-order valence-electron chi connectivity index (χ2n) is 7.69. The normalized spacial score (nSPS) is 22.4. The smallest absolute Gasteiger partial charge is 0.222 e. The molecule has 3 nitrogen and oxygen atoms in total. The standard InChI is InChI=1S/C16H30N2O.ClH/c1-15(2,3)5-4-14(19)18-12-8-16(9-13-18)6-10-17-11-7-16;/h17H,4-13H2,1-3H3;1H. The van der Waals surface area contributed by atoms with Crippen LogP contribution in [0.4, 0.5) is 0 Å². The highest BCUT2D eigenvalue weighted by atomic mass is 35.5. The van der Waals surface area contributed by atoms with E-state index in [0.29, 0.717) is 11.3 Å². The van der Waals surface area contributed by atoms with Crippen LogP contribution in [-0.2, 0) is 4.79 Å². The second kappa shape index (κ2) is 7.13. The Morgan fingerprint density at radius 3 is 2.15 bits per heavy atom. The van der Waals surface area contributed by atoms with Crippen LogP contribution in [0.15, 0.2) is 0 Å². The molecule has 1 spiro atoms. The van der Waals surface area contributed by atoms with Crippen LogP contribution in [0.5, 0.6) is 0 Å².